The molecule has 2 atom stereocenters. The molecule has 0 aromatic carbocycles. The number of amides is 1. The number of carbonyl (C=O) groups excluding carboxylic acids is 1. The molecule has 0 aliphatic carbocycles. The Hall–Kier alpha value is -0.830. The zero-order valence-corrected chi connectivity index (χ0v) is 8.07. The zero-order valence-electron chi connectivity index (χ0n) is 8.07. The first-order valence-electron chi connectivity index (χ1n) is 4.85. The lowest BCUT2D eigenvalue weighted by Crippen LogP contribution is -2.55. The summed E-state index contributed by atoms with van der Waals surface area (Å²) in [5, 5.41) is 0. The Kier molecular flexibility index (Phi) is 2.12. The summed E-state index contributed by atoms with van der Waals surface area (Å²) >= 11 is 0. The minimum Gasteiger partial charge on any atom is -0.336 e. The van der Waals surface area contributed by atoms with Gasteiger partial charge in [-0.15, -0.1) is 6.58 Å². The Bertz CT molecular complexity index is 239. The molecule has 13 heavy (non-hydrogen) atoms. The minimum atomic E-state index is 0.152. The third kappa shape index (κ3) is 1.27. The average Bonchev–Trinajstić information content (AvgIpc) is 2.36. The van der Waals surface area contributed by atoms with E-state index in [2.05, 4.69) is 18.5 Å². The number of rotatable bonds is 2. The standard InChI is InChI=1S/C10H16N2O/c1-3-6-12-7-8-4-5-9(10(12)13)11(8)2/h3,8-9H,1,4-7H2,2H3. The Morgan fingerprint density at radius 3 is 3.08 bits per heavy atom. The molecule has 0 aromatic heterocycles. The van der Waals surface area contributed by atoms with E-state index in [1.54, 1.807) is 0 Å². The fourth-order valence-corrected chi connectivity index (χ4v) is 2.41. The highest BCUT2D eigenvalue weighted by Crippen LogP contribution is 2.28. The maximum absolute atomic E-state index is 11.8. The van der Waals surface area contributed by atoms with Crippen molar-refractivity contribution in [3.05, 3.63) is 12.7 Å². The lowest BCUT2D eigenvalue weighted by molar-refractivity contribution is -0.139. The predicted octanol–water partition coefficient (Wildman–Crippen LogP) is 0.477. The van der Waals surface area contributed by atoms with Gasteiger partial charge in [0.15, 0.2) is 0 Å². The molecule has 2 bridgehead atoms. The van der Waals surface area contributed by atoms with Crippen LogP contribution in [0.1, 0.15) is 12.8 Å². The number of hydrogen-bond donors (Lipinski definition) is 0. The Balaban J connectivity index is 2.13. The highest BCUT2D eigenvalue weighted by atomic mass is 16.2. The summed E-state index contributed by atoms with van der Waals surface area (Å²) in [5.74, 6) is 0.288. The van der Waals surface area contributed by atoms with Gasteiger partial charge in [0.25, 0.3) is 0 Å². The Labute approximate surface area is 79.0 Å². The minimum absolute atomic E-state index is 0.152. The molecule has 2 saturated heterocycles. The van der Waals surface area contributed by atoms with E-state index in [9.17, 15) is 4.79 Å². The van der Waals surface area contributed by atoms with Crippen molar-refractivity contribution in [1.29, 1.82) is 0 Å². The summed E-state index contributed by atoms with van der Waals surface area (Å²) in [5.41, 5.74) is 0. The quantitative estimate of drug-likeness (QED) is 0.577. The Morgan fingerprint density at radius 1 is 1.62 bits per heavy atom. The van der Waals surface area contributed by atoms with Crippen molar-refractivity contribution in [1.82, 2.24) is 9.80 Å². The van der Waals surface area contributed by atoms with Crippen molar-refractivity contribution in [2.24, 2.45) is 0 Å². The van der Waals surface area contributed by atoms with E-state index in [0.717, 1.165) is 13.0 Å². The molecule has 2 aliphatic rings. The van der Waals surface area contributed by atoms with Gasteiger partial charge in [0.05, 0.1) is 6.04 Å². The first-order valence-corrected chi connectivity index (χ1v) is 4.85. The van der Waals surface area contributed by atoms with Crippen molar-refractivity contribution in [2.45, 2.75) is 24.9 Å². The fraction of sp³-hybridized carbons (Fsp3) is 0.700. The van der Waals surface area contributed by atoms with Gasteiger partial charge in [-0.2, -0.15) is 0 Å². The number of fused-ring (bicyclic) bond motifs is 2. The second-order valence-corrected chi connectivity index (χ2v) is 3.94. The van der Waals surface area contributed by atoms with Crippen molar-refractivity contribution >= 4 is 5.91 Å². The van der Waals surface area contributed by atoms with E-state index < -0.39 is 0 Å². The summed E-state index contributed by atoms with van der Waals surface area (Å²) < 4.78 is 0. The Morgan fingerprint density at radius 2 is 2.38 bits per heavy atom. The van der Waals surface area contributed by atoms with Crippen LogP contribution in [-0.2, 0) is 4.79 Å². The molecule has 1 amide bonds. The molecule has 0 spiro atoms. The number of carbonyl (C=O) groups is 1. The van der Waals surface area contributed by atoms with E-state index >= 15 is 0 Å². The molecule has 2 aliphatic heterocycles. The molecule has 0 aromatic rings. The summed E-state index contributed by atoms with van der Waals surface area (Å²) in [6.45, 7) is 5.27. The SMILES string of the molecule is C=CCN1CC2CCC(C1=O)N2C. The van der Waals surface area contributed by atoms with Crippen LogP contribution < -0.4 is 0 Å². The van der Waals surface area contributed by atoms with Crippen molar-refractivity contribution in [3.63, 3.8) is 0 Å². The number of piperazine rings is 1. The molecule has 0 saturated carbocycles. The van der Waals surface area contributed by atoms with Gasteiger partial charge in [0, 0.05) is 19.1 Å². The highest BCUT2D eigenvalue weighted by molar-refractivity contribution is 5.83. The van der Waals surface area contributed by atoms with Crippen LogP contribution in [0.5, 0.6) is 0 Å². The van der Waals surface area contributed by atoms with E-state index in [4.69, 9.17) is 0 Å². The molecule has 72 valence electrons. The molecule has 0 radical (unpaired) electrons. The van der Waals surface area contributed by atoms with E-state index in [1.807, 2.05) is 11.0 Å². The van der Waals surface area contributed by atoms with Crippen molar-refractivity contribution in [3.8, 4) is 0 Å². The van der Waals surface area contributed by atoms with Crippen LogP contribution in [-0.4, -0.2) is 47.9 Å². The van der Waals surface area contributed by atoms with Gasteiger partial charge in [-0.05, 0) is 19.9 Å². The molecule has 2 heterocycles. The molecular formula is C10H16N2O. The zero-order chi connectivity index (χ0) is 9.42. The predicted molar refractivity (Wildman–Crippen MR) is 51.4 cm³/mol. The largest absolute Gasteiger partial charge is 0.336 e. The molecule has 2 rings (SSSR count). The van der Waals surface area contributed by atoms with Gasteiger partial charge in [-0.25, -0.2) is 0 Å². The summed E-state index contributed by atoms with van der Waals surface area (Å²) in [6, 6.07) is 0.737. The summed E-state index contributed by atoms with van der Waals surface area (Å²) in [6.07, 6.45) is 4.01. The van der Waals surface area contributed by atoms with Crippen molar-refractivity contribution in [2.75, 3.05) is 20.1 Å². The second kappa shape index (κ2) is 3.14. The number of hydrogen-bond acceptors (Lipinski definition) is 2. The van der Waals surface area contributed by atoms with Crippen LogP contribution in [0.2, 0.25) is 0 Å². The molecule has 2 unspecified atom stereocenters. The number of likely N-dealkylation sites (tertiary alicyclic amines) is 1. The smallest absolute Gasteiger partial charge is 0.240 e. The van der Waals surface area contributed by atoms with Crippen LogP contribution in [0.4, 0.5) is 0 Å². The first kappa shape index (κ1) is 8.75. The van der Waals surface area contributed by atoms with E-state index in [0.29, 0.717) is 12.6 Å². The lowest BCUT2D eigenvalue weighted by atomic mass is 10.2. The topological polar surface area (TPSA) is 23.6 Å². The van der Waals surface area contributed by atoms with Crippen LogP contribution in [0.25, 0.3) is 0 Å². The van der Waals surface area contributed by atoms with Gasteiger partial charge in [-0.1, -0.05) is 6.08 Å². The maximum atomic E-state index is 11.8. The molecule has 3 heteroatoms. The monoisotopic (exact) mass is 180 g/mol. The first-order chi connectivity index (χ1) is 6.24. The van der Waals surface area contributed by atoms with E-state index in [1.165, 1.54) is 6.42 Å². The molecule has 2 fully saturated rings. The average molecular weight is 180 g/mol. The van der Waals surface area contributed by atoms with Gasteiger partial charge in [0.2, 0.25) is 5.91 Å². The molecule has 3 nitrogen and oxygen atoms in total. The number of likely N-dealkylation sites (N-methyl/N-ethyl adjacent to an activating group) is 1. The normalized spacial score (nSPS) is 33.9. The van der Waals surface area contributed by atoms with Crippen LogP contribution in [0.15, 0.2) is 12.7 Å². The van der Waals surface area contributed by atoms with Gasteiger partial charge >= 0.3 is 0 Å². The van der Waals surface area contributed by atoms with Crippen LogP contribution in [0, 0.1) is 0 Å². The third-order valence-electron chi connectivity index (χ3n) is 3.22. The van der Waals surface area contributed by atoms with Crippen LogP contribution in [0.3, 0.4) is 0 Å². The fourth-order valence-electron chi connectivity index (χ4n) is 2.41. The molecule has 0 N–H and O–H groups in total. The highest BCUT2D eigenvalue weighted by Gasteiger charge is 2.42. The summed E-state index contributed by atoms with van der Waals surface area (Å²) in [7, 11) is 2.06. The third-order valence-corrected chi connectivity index (χ3v) is 3.22. The van der Waals surface area contributed by atoms with Gasteiger partial charge in [-0.3, -0.25) is 9.69 Å². The lowest BCUT2D eigenvalue weighted by Gasteiger charge is -2.37. The summed E-state index contributed by atoms with van der Waals surface area (Å²) in [4.78, 5) is 16.0. The van der Waals surface area contributed by atoms with Crippen LogP contribution >= 0.6 is 0 Å². The van der Waals surface area contributed by atoms with E-state index in [-0.39, 0.29) is 11.9 Å². The van der Waals surface area contributed by atoms with Gasteiger partial charge < -0.3 is 4.90 Å². The second-order valence-electron chi connectivity index (χ2n) is 3.94. The van der Waals surface area contributed by atoms with Gasteiger partial charge in [0.1, 0.15) is 0 Å². The van der Waals surface area contributed by atoms with Crippen molar-refractivity contribution < 1.29 is 4.79 Å². The molecular weight excluding hydrogens is 164 g/mol. The number of nitrogens with zero attached hydrogens (tertiary/aromatic N) is 2. The maximum Gasteiger partial charge on any atom is 0.240 e.